The van der Waals surface area contributed by atoms with Crippen molar-refractivity contribution in [2.45, 2.75) is 33.0 Å². The molecule has 1 amide bonds. The minimum Gasteiger partial charge on any atom is -0.339 e. The fraction of sp³-hybridized carbons (Fsp3) is 0.300. The first-order chi connectivity index (χ1) is 13.2. The summed E-state index contributed by atoms with van der Waals surface area (Å²) in [7, 11) is 0. The van der Waals surface area contributed by atoms with Crippen LogP contribution >= 0.6 is 11.3 Å². The number of benzene rings is 1. The van der Waals surface area contributed by atoms with E-state index in [-0.39, 0.29) is 12.5 Å². The molecule has 3 rings (SSSR count). The molecule has 0 saturated carbocycles. The van der Waals surface area contributed by atoms with Crippen molar-refractivity contribution < 1.29 is 18.0 Å². The van der Waals surface area contributed by atoms with Gasteiger partial charge in [-0.15, -0.1) is 11.3 Å². The van der Waals surface area contributed by atoms with E-state index in [0.717, 1.165) is 24.1 Å². The minimum atomic E-state index is -4.40. The Labute approximate surface area is 165 Å². The van der Waals surface area contributed by atoms with E-state index in [1.165, 1.54) is 17.4 Å². The van der Waals surface area contributed by atoms with Gasteiger partial charge >= 0.3 is 6.18 Å². The number of thiazole rings is 1. The Morgan fingerprint density at radius 2 is 2.04 bits per heavy atom. The highest BCUT2D eigenvalue weighted by Gasteiger charge is 2.30. The van der Waals surface area contributed by atoms with Crippen molar-refractivity contribution in [3.63, 3.8) is 0 Å². The zero-order valence-electron chi connectivity index (χ0n) is 15.5. The summed E-state index contributed by atoms with van der Waals surface area (Å²) in [5.41, 5.74) is 1.13. The van der Waals surface area contributed by atoms with Crippen LogP contribution in [0.2, 0.25) is 0 Å². The van der Waals surface area contributed by atoms with Gasteiger partial charge in [-0.2, -0.15) is 13.2 Å². The molecular weight excluding hydrogens is 387 g/mol. The average molecular weight is 407 g/mol. The van der Waals surface area contributed by atoms with Crippen molar-refractivity contribution in [2.24, 2.45) is 5.92 Å². The molecule has 8 heteroatoms. The van der Waals surface area contributed by atoms with Gasteiger partial charge in [0.05, 0.1) is 5.56 Å². The van der Waals surface area contributed by atoms with Crippen LogP contribution in [-0.2, 0) is 19.1 Å². The summed E-state index contributed by atoms with van der Waals surface area (Å²) < 4.78 is 40.7. The van der Waals surface area contributed by atoms with Gasteiger partial charge in [-0.25, -0.2) is 4.98 Å². The molecule has 0 fully saturated rings. The predicted octanol–water partition coefficient (Wildman–Crippen LogP) is 5.46. The summed E-state index contributed by atoms with van der Waals surface area (Å²) in [4.78, 5) is 16.7. The summed E-state index contributed by atoms with van der Waals surface area (Å²) >= 11 is 1.30. The van der Waals surface area contributed by atoms with Crippen LogP contribution in [0.3, 0.4) is 0 Å². The molecule has 0 radical (unpaired) electrons. The van der Waals surface area contributed by atoms with E-state index < -0.39 is 11.7 Å². The number of amides is 1. The maximum Gasteiger partial charge on any atom is 0.416 e. The van der Waals surface area contributed by atoms with Crippen molar-refractivity contribution in [2.75, 3.05) is 5.32 Å². The summed E-state index contributed by atoms with van der Waals surface area (Å²) in [5.74, 6) is 0.0520. The number of anilines is 1. The second-order valence-electron chi connectivity index (χ2n) is 6.95. The summed E-state index contributed by atoms with van der Waals surface area (Å²) in [5, 5.41) is 4.96. The second-order valence-corrected chi connectivity index (χ2v) is 7.84. The Morgan fingerprint density at radius 3 is 2.68 bits per heavy atom. The van der Waals surface area contributed by atoms with Gasteiger partial charge in [-0.1, -0.05) is 26.0 Å². The van der Waals surface area contributed by atoms with Gasteiger partial charge in [-0.05, 0) is 41.7 Å². The van der Waals surface area contributed by atoms with Gasteiger partial charge < -0.3 is 4.57 Å². The van der Waals surface area contributed by atoms with Crippen molar-refractivity contribution >= 4 is 22.4 Å². The smallest absolute Gasteiger partial charge is 0.339 e. The molecule has 3 aromatic rings. The molecule has 0 aliphatic carbocycles. The fourth-order valence-electron chi connectivity index (χ4n) is 2.96. The van der Waals surface area contributed by atoms with Crippen LogP contribution in [0.15, 0.2) is 48.1 Å². The van der Waals surface area contributed by atoms with Crippen molar-refractivity contribution in [3.05, 3.63) is 70.5 Å². The largest absolute Gasteiger partial charge is 0.416 e. The number of alkyl halides is 3. The lowest BCUT2D eigenvalue weighted by atomic mass is 10.1. The number of hydrogen-bond donors (Lipinski definition) is 1. The van der Waals surface area contributed by atoms with E-state index in [1.54, 1.807) is 28.3 Å². The fourth-order valence-corrected chi connectivity index (χ4v) is 3.49. The molecule has 0 spiro atoms. The number of hydrogen-bond acceptors (Lipinski definition) is 3. The monoisotopic (exact) mass is 407 g/mol. The molecule has 0 unspecified atom stereocenters. The molecule has 0 atom stereocenters. The molecule has 1 N–H and O–H groups in total. The van der Waals surface area contributed by atoms with Gasteiger partial charge in [0.15, 0.2) is 5.13 Å². The van der Waals surface area contributed by atoms with Crippen LogP contribution in [0.5, 0.6) is 0 Å². The normalized spacial score (nSPS) is 11.8. The third kappa shape index (κ3) is 5.01. The molecular formula is C20H20F3N3OS. The number of rotatable bonds is 6. The number of carbonyl (C=O) groups is 1. The second kappa shape index (κ2) is 8.18. The number of nitrogens with zero attached hydrogens (tertiary/aromatic N) is 2. The van der Waals surface area contributed by atoms with Gasteiger partial charge in [0.1, 0.15) is 5.69 Å². The third-order valence-electron chi connectivity index (χ3n) is 4.09. The molecule has 2 aromatic heterocycles. The minimum absolute atomic E-state index is 0.169. The van der Waals surface area contributed by atoms with Crippen LogP contribution in [0, 0.1) is 5.92 Å². The highest BCUT2D eigenvalue weighted by Crippen LogP contribution is 2.30. The SMILES string of the molecule is CC(C)Cc1cc(C(=O)Nc2nccs2)n(Cc2cccc(C(F)(F)F)c2)c1. The highest BCUT2D eigenvalue weighted by atomic mass is 32.1. The van der Waals surface area contributed by atoms with Gasteiger partial charge in [0, 0.05) is 24.3 Å². The first kappa shape index (κ1) is 20.1. The van der Waals surface area contributed by atoms with Gasteiger partial charge in [-0.3, -0.25) is 10.1 Å². The predicted molar refractivity (Wildman–Crippen MR) is 104 cm³/mol. The number of nitrogens with one attached hydrogen (secondary N) is 1. The molecule has 28 heavy (non-hydrogen) atoms. The molecule has 2 heterocycles. The Kier molecular flexibility index (Phi) is 5.88. The quantitative estimate of drug-likeness (QED) is 0.590. The van der Waals surface area contributed by atoms with E-state index in [4.69, 9.17) is 0 Å². The van der Waals surface area contributed by atoms with Crippen molar-refractivity contribution in [3.8, 4) is 0 Å². The molecule has 0 aliphatic heterocycles. The highest BCUT2D eigenvalue weighted by molar-refractivity contribution is 7.13. The Morgan fingerprint density at radius 1 is 1.25 bits per heavy atom. The van der Waals surface area contributed by atoms with Crippen LogP contribution in [0.4, 0.5) is 18.3 Å². The van der Waals surface area contributed by atoms with Crippen LogP contribution in [-0.4, -0.2) is 15.5 Å². The van der Waals surface area contributed by atoms with E-state index in [1.807, 2.05) is 6.20 Å². The molecule has 0 bridgehead atoms. The molecule has 4 nitrogen and oxygen atoms in total. The first-order valence-electron chi connectivity index (χ1n) is 8.78. The lowest BCUT2D eigenvalue weighted by molar-refractivity contribution is -0.137. The van der Waals surface area contributed by atoms with Gasteiger partial charge in [0.2, 0.25) is 0 Å². The Hall–Kier alpha value is -2.61. The molecule has 0 aliphatic rings. The van der Waals surface area contributed by atoms with Crippen LogP contribution in [0.25, 0.3) is 0 Å². The maximum absolute atomic E-state index is 13.0. The van der Waals surface area contributed by atoms with Crippen molar-refractivity contribution in [1.82, 2.24) is 9.55 Å². The zero-order chi connectivity index (χ0) is 20.3. The first-order valence-corrected chi connectivity index (χ1v) is 9.66. The number of aromatic nitrogens is 2. The standard InChI is InChI=1S/C20H20F3N3OS/c1-13(2)8-15-10-17(18(27)25-19-24-6-7-28-19)26(12-15)11-14-4-3-5-16(9-14)20(21,22)23/h3-7,9-10,12-13H,8,11H2,1-2H3,(H,24,25,27). The van der Waals surface area contributed by atoms with E-state index in [9.17, 15) is 18.0 Å². The van der Waals surface area contributed by atoms with E-state index in [0.29, 0.717) is 22.3 Å². The zero-order valence-corrected chi connectivity index (χ0v) is 16.3. The third-order valence-corrected chi connectivity index (χ3v) is 4.78. The number of halogens is 3. The summed E-state index contributed by atoms with van der Waals surface area (Å²) in [6.45, 7) is 4.31. The summed E-state index contributed by atoms with van der Waals surface area (Å²) in [6, 6.07) is 6.95. The average Bonchev–Trinajstić information content (AvgIpc) is 3.24. The summed E-state index contributed by atoms with van der Waals surface area (Å²) in [6.07, 6.45) is -0.211. The van der Waals surface area contributed by atoms with Crippen molar-refractivity contribution in [1.29, 1.82) is 0 Å². The maximum atomic E-state index is 13.0. The lowest BCUT2D eigenvalue weighted by Crippen LogP contribution is -2.17. The number of carbonyl (C=O) groups excluding carboxylic acids is 1. The Bertz CT molecular complexity index is 946. The molecule has 148 valence electrons. The van der Waals surface area contributed by atoms with Crippen LogP contribution in [0.1, 0.15) is 41.0 Å². The van der Waals surface area contributed by atoms with E-state index in [2.05, 4.69) is 24.1 Å². The Balaban J connectivity index is 1.90. The molecule has 0 saturated heterocycles. The lowest BCUT2D eigenvalue weighted by Gasteiger charge is -2.11. The van der Waals surface area contributed by atoms with Crippen LogP contribution < -0.4 is 5.32 Å². The molecule has 1 aromatic carbocycles. The van der Waals surface area contributed by atoms with Gasteiger partial charge in [0.25, 0.3) is 5.91 Å². The van der Waals surface area contributed by atoms with E-state index >= 15 is 0 Å². The topological polar surface area (TPSA) is 46.9 Å².